The number of piperidine rings is 1. The summed E-state index contributed by atoms with van der Waals surface area (Å²) in [6.45, 7) is 6.13. The first-order valence-electron chi connectivity index (χ1n) is 10.1. The van der Waals surface area contributed by atoms with Crippen LogP contribution < -0.4 is 15.4 Å². The van der Waals surface area contributed by atoms with Gasteiger partial charge in [0, 0.05) is 32.7 Å². The Labute approximate surface area is 193 Å². The van der Waals surface area contributed by atoms with E-state index < -0.39 is 10.0 Å². The molecule has 1 atom stereocenters. The number of likely N-dealkylation sites (tertiary alicyclic amines) is 1. The van der Waals surface area contributed by atoms with Crippen LogP contribution in [0.2, 0.25) is 0 Å². The third kappa shape index (κ3) is 9.63. The predicted octanol–water partition coefficient (Wildman–Crippen LogP) is 2.28. The summed E-state index contributed by atoms with van der Waals surface area (Å²) in [4.78, 5) is 6.85. The molecule has 0 aromatic heterocycles. The Morgan fingerprint density at radius 2 is 2.00 bits per heavy atom. The number of nitrogens with one attached hydrogen (secondary N) is 3. The fraction of sp³-hybridized carbons (Fsp3) is 0.650. The summed E-state index contributed by atoms with van der Waals surface area (Å²) in [5, 5.41) is 6.66. The van der Waals surface area contributed by atoms with Crippen LogP contribution >= 0.6 is 24.0 Å². The minimum absolute atomic E-state index is 0. The minimum Gasteiger partial charge on any atom is -0.356 e. The number of halogens is 1. The Bertz CT molecular complexity index is 742. The van der Waals surface area contributed by atoms with Crippen LogP contribution in [0.3, 0.4) is 0 Å². The molecule has 2 rings (SSSR count). The molecule has 1 aromatic rings. The molecule has 1 heterocycles. The van der Waals surface area contributed by atoms with Crippen molar-refractivity contribution in [1.29, 1.82) is 0 Å². The topological polar surface area (TPSA) is 85.8 Å². The maximum Gasteiger partial charge on any atom is 0.215 e. The highest BCUT2D eigenvalue weighted by Crippen LogP contribution is 2.16. The molecule has 166 valence electrons. The first-order valence-corrected chi connectivity index (χ1v) is 11.8. The zero-order chi connectivity index (χ0) is 20.4. The molecule has 1 fully saturated rings. The Morgan fingerprint density at radius 3 is 2.69 bits per heavy atom. The lowest BCUT2D eigenvalue weighted by molar-refractivity contribution is 0.159. The lowest BCUT2D eigenvalue weighted by atomic mass is 10.0. The number of rotatable bonds is 9. The Balaban J connectivity index is 0.00000420. The van der Waals surface area contributed by atoms with Crippen molar-refractivity contribution in [3.63, 3.8) is 0 Å². The van der Waals surface area contributed by atoms with Crippen molar-refractivity contribution < 1.29 is 8.42 Å². The smallest absolute Gasteiger partial charge is 0.215 e. The molecular weight excluding hydrogens is 501 g/mol. The van der Waals surface area contributed by atoms with Gasteiger partial charge in [0.2, 0.25) is 10.0 Å². The number of guanidine groups is 1. The maximum absolute atomic E-state index is 11.7. The SMILES string of the molecule is CN=C(NCCCN1CCCCC1C)NCc1cccc(CS(=O)(=O)NC)c1.I. The fourth-order valence-electron chi connectivity index (χ4n) is 3.51. The highest BCUT2D eigenvalue weighted by Gasteiger charge is 2.17. The summed E-state index contributed by atoms with van der Waals surface area (Å²) in [6, 6.07) is 8.30. The second kappa shape index (κ2) is 13.4. The van der Waals surface area contributed by atoms with Gasteiger partial charge in [0.1, 0.15) is 0 Å². The number of aliphatic imine (C=N–C) groups is 1. The quantitative estimate of drug-likeness (QED) is 0.195. The number of hydrogen-bond donors (Lipinski definition) is 3. The highest BCUT2D eigenvalue weighted by molar-refractivity contribution is 14.0. The molecule has 0 bridgehead atoms. The molecule has 1 aliphatic heterocycles. The van der Waals surface area contributed by atoms with E-state index in [9.17, 15) is 8.42 Å². The fourth-order valence-corrected chi connectivity index (χ4v) is 4.27. The first kappa shape index (κ1) is 26.1. The van der Waals surface area contributed by atoms with Crippen LogP contribution in [0.5, 0.6) is 0 Å². The van der Waals surface area contributed by atoms with E-state index in [0.29, 0.717) is 12.6 Å². The molecule has 1 unspecified atom stereocenters. The Hall–Kier alpha value is -0.910. The van der Waals surface area contributed by atoms with E-state index in [1.165, 1.54) is 32.9 Å². The molecule has 7 nitrogen and oxygen atoms in total. The van der Waals surface area contributed by atoms with Gasteiger partial charge >= 0.3 is 0 Å². The lowest BCUT2D eigenvalue weighted by Crippen LogP contribution is -2.41. The van der Waals surface area contributed by atoms with Crippen molar-refractivity contribution in [2.45, 2.75) is 50.9 Å². The summed E-state index contributed by atoms with van der Waals surface area (Å²) < 4.78 is 25.8. The van der Waals surface area contributed by atoms with Crippen LogP contribution in [0, 0.1) is 0 Å². The second-order valence-electron chi connectivity index (χ2n) is 7.37. The van der Waals surface area contributed by atoms with Crippen LogP contribution in [0.25, 0.3) is 0 Å². The second-order valence-corrected chi connectivity index (χ2v) is 9.30. The molecule has 9 heteroatoms. The van der Waals surface area contributed by atoms with E-state index in [1.54, 1.807) is 7.05 Å². The average molecular weight is 538 g/mol. The van der Waals surface area contributed by atoms with Gasteiger partial charge in [-0.3, -0.25) is 4.99 Å². The van der Waals surface area contributed by atoms with Crippen LogP contribution in [0.15, 0.2) is 29.3 Å². The predicted molar refractivity (Wildman–Crippen MR) is 131 cm³/mol. The summed E-state index contributed by atoms with van der Waals surface area (Å²) in [6.07, 6.45) is 5.07. The van der Waals surface area contributed by atoms with E-state index in [-0.39, 0.29) is 29.7 Å². The van der Waals surface area contributed by atoms with Crippen LogP contribution in [-0.2, 0) is 22.3 Å². The van der Waals surface area contributed by atoms with Crippen molar-refractivity contribution in [3.8, 4) is 0 Å². The van der Waals surface area contributed by atoms with Gasteiger partial charge in [-0.15, -0.1) is 24.0 Å². The van der Waals surface area contributed by atoms with Crippen molar-refractivity contribution in [2.75, 3.05) is 33.7 Å². The molecule has 1 saturated heterocycles. The Kier molecular flexibility index (Phi) is 12.1. The number of nitrogens with zero attached hydrogens (tertiary/aromatic N) is 2. The monoisotopic (exact) mass is 537 g/mol. The maximum atomic E-state index is 11.7. The first-order chi connectivity index (χ1) is 13.4. The molecule has 1 aromatic carbocycles. The Morgan fingerprint density at radius 1 is 1.24 bits per heavy atom. The van der Waals surface area contributed by atoms with Crippen LogP contribution in [0.4, 0.5) is 0 Å². The molecule has 3 N–H and O–H groups in total. The van der Waals surface area contributed by atoms with Gasteiger partial charge in [-0.2, -0.15) is 0 Å². The summed E-state index contributed by atoms with van der Waals surface area (Å²) in [5.41, 5.74) is 1.79. The summed E-state index contributed by atoms with van der Waals surface area (Å²) >= 11 is 0. The van der Waals surface area contributed by atoms with Crippen LogP contribution in [-0.4, -0.2) is 59.0 Å². The zero-order valence-corrected chi connectivity index (χ0v) is 20.9. The molecule has 0 amide bonds. The highest BCUT2D eigenvalue weighted by atomic mass is 127. The molecule has 0 spiro atoms. The molecule has 0 saturated carbocycles. The molecule has 1 aliphatic rings. The average Bonchev–Trinajstić information content (AvgIpc) is 2.68. The van der Waals surface area contributed by atoms with Crippen molar-refractivity contribution in [3.05, 3.63) is 35.4 Å². The van der Waals surface area contributed by atoms with Gasteiger partial charge in [0.05, 0.1) is 5.75 Å². The lowest BCUT2D eigenvalue weighted by Gasteiger charge is -2.33. The van der Waals surface area contributed by atoms with Crippen molar-refractivity contribution in [2.24, 2.45) is 4.99 Å². The number of benzene rings is 1. The zero-order valence-electron chi connectivity index (χ0n) is 17.8. The van der Waals surface area contributed by atoms with Gasteiger partial charge in [-0.1, -0.05) is 30.7 Å². The van der Waals surface area contributed by atoms with Crippen molar-refractivity contribution in [1.82, 2.24) is 20.3 Å². The van der Waals surface area contributed by atoms with Crippen molar-refractivity contribution >= 4 is 40.0 Å². The largest absolute Gasteiger partial charge is 0.356 e. The third-order valence-electron chi connectivity index (χ3n) is 5.20. The molecular formula is C20H36IN5O2S. The van der Waals surface area contributed by atoms with E-state index in [2.05, 4.69) is 32.2 Å². The van der Waals surface area contributed by atoms with Crippen LogP contribution in [0.1, 0.15) is 43.7 Å². The van der Waals surface area contributed by atoms with Gasteiger partial charge in [-0.25, -0.2) is 13.1 Å². The van der Waals surface area contributed by atoms with E-state index in [1.807, 2.05) is 24.3 Å². The van der Waals surface area contributed by atoms with E-state index >= 15 is 0 Å². The number of hydrogen-bond acceptors (Lipinski definition) is 4. The minimum atomic E-state index is -3.26. The number of sulfonamides is 1. The normalized spacial score (nSPS) is 18.2. The van der Waals surface area contributed by atoms with Gasteiger partial charge in [-0.05, 0) is 50.9 Å². The van der Waals surface area contributed by atoms with Gasteiger partial charge in [0.15, 0.2) is 5.96 Å². The molecule has 0 aliphatic carbocycles. The third-order valence-corrected chi connectivity index (χ3v) is 6.53. The molecule has 0 radical (unpaired) electrons. The standard InChI is InChI=1S/C20H35N5O2S.HI/c1-17-8-4-5-12-25(17)13-7-11-23-20(21-2)24-15-18-9-6-10-19(14-18)16-28(26,27)22-3;/h6,9-10,14,17,22H,4-5,7-8,11-13,15-16H2,1-3H3,(H2,21,23,24);1H. The summed E-state index contributed by atoms with van der Waals surface area (Å²) in [5.74, 6) is 0.749. The van der Waals surface area contributed by atoms with Gasteiger partial charge in [0.25, 0.3) is 0 Å². The molecule has 29 heavy (non-hydrogen) atoms. The van der Waals surface area contributed by atoms with E-state index in [4.69, 9.17) is 0 Å². The van der Waals surface area contributed by atoms with E-state index in [0.717, 1.165) is 36.6 Å². The summed E-state index contributed by atoms with van der Waals surface area (Å²) in [7, 11) is -0.0693. The van der Waals surface area contributed by atoms with Gasteiger partial charge < -0.3 is 15.5 Å².